The smallest absolute Gasteiger partial charge is 0.234 e. The zero-order valence-corrected chi connectivity index (χ0v) is 12.4. The molecule has 1 aromatic carbocycles. The van der Waals surface area contributed by atoms with Gasteiger partial charge in [0.05, 0.1) is 12.1 Å². The molecule has 4 nitrogen and oxygen atoms in total. The highest BCUT2D eigenvalue weighted by molar-refractivity contribution is 6.30. The third-order valence-corrected chi connectivity index (χ3v) is 3.31. The molecule has 0 saturated heterocycles. The first-order chi connectivity index (χ1) is 9.60. The van der Waals surface area contributed by atoms with Crippen LogP contribution in [0.4, 0.5) is 0 Å². The van der Waals surface area contributed by atoms with E-state index in [2.05, 4.69) is 10.3 Å². The van der Waals surface area contributed by atoms with E-state index in [4.69, 9.17) is 11.6 Å². The highest BCUT2D eigenvalue weighted by Crippen LogP contribution is 2.21. The average Bonchev–Trinajstić information content (AvgIpc) is 2.39. The Morgan fingerprint density at radius 2 is 2.15 bits per heavy atom. The Kier molecular flexibility index (Phi) is 4.93. The van der Waals surface area contributed by atoms with Crippen LogP contribution in [0.5, 0.6) is 0 Å². The first-order valence-corrected chi connectivity index (χ1v) is 6.97. The molecule has 106 valence electrons. The molecular weight excluding hydrogens is 274 g/mol. The molecule has 0 radical (unpaired) electrons. The van der Waals surface area contributed by atoms with E-state index >= 15 is 0 Å². The second-order valence-electron chi connectivity index (χ2n) is 4.76. The molecule has 1 heterocycles. The molecule has 5 heteroatoms. The van der Waals surface area contributed by atoms with E-state index in [1.807, 2.05) is 49.2 Å². The maximum atomic E-state index is 11.5. The maximum absolute atomic E-state index is 11.5. The summed E-state index contributed by atoms with van der Waals surface area (Å²) in [5, 5.41) is 4.32. The van der Waals surface area contributed by atoms with E-state index in [-0.39, 0.29) is 5.91 Å². The minimum Gasteiger partial charge on any atom is -0.355 e. The number of nitrogens with one attached hydrogen (secondary N) is 1. The van der Waals surface area contributed by atoms with Gasteiger partial charge >= 0.3 is 0 Å². The summed E-state index contributed by atoms with van der Waals surface area (Å²) < 4.78 is 0. The normalized spacial score (nSPS) is 11.0. The number of benzene rings is 1. The van der Waals surface area contributed by atoms with Gasteiger partial charge in [0.2, 0.25) is 5.91 Å². The van der Waals surface area contributed by atoms with Crippen LogP contribution >= 0.6 is 11.6 Å². The summed E-state index contributed by atoms with van der Waals surface area (Å²) in [5.41, 5.74) is 1.81. The van der Waals surface area contributed by atoms with Gasteiger partial charge in [0.1, 0.15) is 5.15 Å². The Labute approximate surface area is 123 Å². The third kappa shape index (κ3) is 3.68. The molecule has 0 unspecified atom stereocenters. The molecule has 2 aromatic rings. The van der Waals surface area contributed by atoms with Crippen molar-refractivity contribution in [2.24, 2.45) is 0 Å². The van der Waals surface area contributed by atoms with Crippen molar-refractivity contribution in [2.45, 2.75) is 13.5 Å². The van der Waals surface area contributed by atoms with Crippen LogP contribution in [0.1, 0.15) is 12.5 Å². The Balaban J connectivity index is 2.12. The number of carbonyl (C=O) groups is 1. The minimum absolute atomic E-state index is 0.0138. The lowest BCUT2D eigenvalue weighted by molar-refractivity contribution is -0.121. The molecule has 1 amide bonds. The number of halogens is 1. The number of fused-ring (bicyclic) bond motifs is 1. The number of pyridine rings is 1. The number of hydrogen-bond donors (Lipinski definition) is 1. The van der Waals surface area contributed by atoms with Gasteiger partial charge in [0, 0.05) is 24.0 Å². The van der Waals surface area contributed by atoms with Gasteiger partial charge in [-0.2, -0.15) is 0 Å². The van der Waals surface area contributed by atoms with Gasteiger partial charge in [0.15, 0.2) is 0 Å². The van der Waals surface area contributed by atoms with Gasteiger partial charge in [-0.1, -0.05) is 29.8 Å². The SMILES string of the molecule is CCNC(=O)CN(C)Cc1cc2ccccc2nc1Cl. The Bertz CT molecular complexity index is 615. The highest BCUT2D eigenvalue weighted by atomic mass is 35.5. The van der Waals surface area contributed by atoms with Crippen molar-refractivity contribution in [3.05, 3.63) is 41.0 Å². The van der Waals surface area contributed by atoms with Crippen molar-refractivity contribution in [1.82, 2.24) is 15.2 Å². The number of aromatic nitrogens is 1. The van der Waals surface area contributed by atoms with E-state index in [0.29, 0.717) is 24.8 Å². The predicted octanol–water partition coefficient (Wildman–Crippen LogP) is 2.46. The van der Waals surface area contributed by atoms with Crippen molar-refractivity contribution in [1.29, 1.82) is 0 Å². The summed E-state index contributed by atoms with van der Waals surface area (Å²) in [4.78, 5) is 17.8. The summed E-state index contributed by atoms with van der Waals surface area (Å²) in [6.07, 6.45) is 0. The van der Waals surface area contributed by atoms with Crippen LogP contribution in [0, 0.1) is 0 Å². The molecule has 0 atom stereocenters. The molecule has 0 bridgehead atoms. The Morgan fingerprint density at radius 3 is 2.90 bits per heavy atom. The van der Waals surface area contributed by atoms with Crippen LogP contribution in [0.3, 0.4) is 0 Å². The maximum Gasteiger partial charge on any atom is 0.234 e. The largest absolute Gasteiger partial charge is 0.355 e. The Morgan fingerprint density at radius 1 is 1.40 bits per heavy atom. The lowest BCUT2D eigenvalue weighted by Gasteiger charge is -2.17. The molecule has 1 aromatic heterocycles. The van der Waals surface area contributed by atoms with Crippen LogP contribution in [-0.2, 0) is 11.3 Å². The van der Waals surface area contributed by atoms with Gasteiger partial charge in [-0.05, 0) is 26.1 Å². The number of hydrogen-bond acceptors (Lipinski definition) is 3. The van der Waals surface area contributed by atoms with Gasteiger partial charge in [-0.3, -0.25) is 9.69 Å². The van der Waals surface area contributed by atoms with E-state index in [9.17, 15) is 4.79 Å². The summed E-state index contributed by atoms with van der Waals surface area (Å²) in [7, 11) is 1.89. The van der Waals surface area contributed by atoms with Gasteiger partial charge in [-0.25, -0.2) is 4.98 Å². The van der Waals surface area contributed by atoms with E-state index in [1.54, 1.807) is 0 Å². The lowest BCUT2D eigenvalue weighted by Crippen LogP contribution is -2.34. The van der Waals surface area contributed by atoms with Crippen molar-refractivity contribution >= 4 is 28.4 Å². The van der Waals surface area contributed by atoms with Crippen LogP contribution in [0.15, 0.2) is 30.3 Å². The second kappa shape index (κ2) is 6.68. The van der Waals surface area contributed by atoms with E-state index in [1.165, 1.54) is 0 Å². The highest BCUT2D eigenvalue weighted by Gasteiger charge is 2.10. The molecule has 1 N–H and O–H groups in total. The zero-order chi connectivity index (χ0) is 14.5. The fourth-order valence-corrected chi connectivity index (χ4v) is 2.30. The number of rotatable bonds is 5. The van der Waals surface area contributed by atoms with Crippen molar-refractivity contribution in [2.75, 3.05) is 20.1 Å². The van der Waals surface area contributed by atoms with Crippen molar-refractivity contribution < 1.29 is 4.79 Å². The summed E-state index contributed by atoms with van der Waals surface area (Å²) >= 11 is 6.21. The van der Waals surface area contributed by atoms with Crippen LogP contribution in [0.2, 0.25) is 5.15 Å². The molecule has 0 spiro atoms. The molecule has 2 rings (SSSR count). The average molecular weight is 292 g/mol. The molecule has 0 fully saturated rings. The molecule has 0 aliphatic heterocycles. The number of para-hydroxylation sites is 1. The first kappa shape index (κ1) is 14.8. The standard InChI is InChI=1S/C15H18ClN3O/c1-3-17-14(20)10-19(2)9-12-8-11-6-4-5-7-13(11)18-15(12)16/h4-8H,3,9-10H2,1-2H3,(H,17,20). The topological polar surface area (TPSA) is 45.2 Å². The van der Waals surface area contributed by atoms with Crippen LogP contribution < -0.4 is 5.32 Å². The summed E-state index contributed by atoms with van der Waals surface area (Å²) in [6, 6.07) is 9.88. The van der Waals surface area contributed by atoms with E-state index < -0.39 is 0 Å². The van der Waals surface area contributed by atoms with E-state index in [0.717, 1.165) is 16.5 Å². The first-order valence-electron chi connectivity index (χ1n) is 6.59. The number of carbonyl (C=O) groups excluding carboxylic acids is 1. The number of amides is 1. The second-order valence-corrected chi connectivity index (χ2v) is 5.11. The fourth-order valence-electron chi connectivity index (χ4n) is 2.09. The lowest BCUT2D eigenvalue weighted by atomic mass is 10.1. The predicted molar refractivity (Wildman–Crippen MR) is 81.8 cm³/mol. The summed E-state index contributed by atoms with van der Waals surface area (Å²) in [5.74, 6) is 0.0138. The van der Waals surface area contributed by atoms with Crippen LogP contribution in [0.25, 0.3) is 10.9 Å². The minimum atomic E-state index is 0.0138. The molecule has 0 aliphatic rings. The quantitative estimate of drug-likeness (QED) is 0.861. The van der Waals surface area contributed by atoms with Gasteiger partial charge < -0.3 is 5.32 Å². The zero-order valence-electron chi connectivity index (χ0n) is 11.7. The Hall–Kier alpha value is -1.65. The number of likely N-dealkylation sites (N-methyl/N-ethyl adjacent to an activating group) is 2. The fraction of sp³-hybridized carbons (Fsp3) is 0.333. The molecule has 0 aliphatic carbocycles. The number of nitrogens with zero attached hydrogens (tertiary/aromatic N) is 2. The van der Waals surface area contributed by atoms with Crippen molar-refractivity contribution in [3.63, 3.8) is 0 Å². The molecule has 0 saturated carbocycles. The van der Waals surface area contributed by atoms with Crippen LogP contribution in [-0.4, -0.2) is 35.9 Å². The molecular formula is C15H18ClN3O. The molecule has 20 heavy (non-hydrogen) atoms. The monoisotopic (exact) mass is 291 g/mol. The van der Waals surface area contributed by atoms with Crippen molar-refractivity contribution in [3.8, 4) is 0 Å². The van der Waals surface area contributed by atoms with Gasteiger partial charge in [0.25, 0.3) is 0 Å². The van der Waals surface area contributed by atoms with Gasteiger partial charge in [-0.15, -0.1) is 0 Å². The summed E-state index contributed by atoms with van der Waals surface area (Å²) in [6.45, 7) is 3.48. The third-order valence-electron chi connectivity index (χ3n) is 2.98.